The van der Waals surface area contributed by atoms with Crippen molar-refractivity contribution in [3.05, 3.63) is 0 Å². The predicted octanol–water partition coefficient (Wildman–Crippen LogP) is -2.38. The Morgan fingerprint density at radius 3 is 1.25 bits per heavy atom. The van der Waals surface area contributed by atoms with E-state index in [1.54, 1.807) is 0 Å². The second-order valence-corrected chi connectivity index (χ2v) is 0.189. The molecule has 2 nitrogen and oxygen atoms in total. The van der Waals surface area contributed by atoms with Crippen LogP contribution in [0.1, 0.15) is 0 Å². The summed E-state index contributed by atoms with van der Waals surface area (Å²) in [5, 5.41) is 0. The van der Waals surface area contributed by atoms with E-state index >= 15 is 0 Å². The van der Waals surface area contributed by atoms with Gasteiger partial charge in [0, 0.05) is 0 Å². The number of hydrogen-bond donors (Lipinski definition) is 0. The van der Waals surface area contributed by atoms with Crippen molar-refractivity contribution in [2.45, 2.75) is 0 Å². The Hall–Kier alpha value is 1.15. The van der Waals surface area contributed by atoms with Crippen molar-refractivity contribution in [1.82, 2.24) is 0 Å². The van der Waals surface area contributed by atoms with Crippen LogP contribution in [0.25, 0.3) is 0 Å². The molecule has 4 heavy (non-hydrogen) atoms. The smallest absolute Gasteiger partial charge is 0.544 e. The van der Waals surface area contributed by atoms with Gasteiger partial charge in [-0.25, -0.2) is 0 Å². The standard InChI is InChI=1S/ClO2.Hg/c2-1-3;/q-1;+1. The molecule has 0 aromatic carbocycles. The van der Waals surface area contributed by atoms with Gasteiger partial charge < -0.3 is 9.32 Å². The number of rotatable bonds is 0. The second-order valence-electron chi connectivity index (χ2n) is 0.0630. The third kappa shape index (κ3) is 11.0. The first-order chi connectivity index (χ1) is 1.41. The normalized spacial score (nSPS) is 4.50. The average molecular weight is 268 g/mol. The van der Waals surface area contributed by atoms with Crippen LogP contribution in [0, 0.1) is 11.3 Å². The molecule has 0 unspecified atom stereocenters. The molecule has 0 atom stereocenters. The van der Waals surface area contributed by atoms with Crippen molar-refractivity contribution in [2.24, 2.45) is 0 Å². The topological polar surface area (TPSA) is 46.1 Å². The molecule has 0 bridgehead atoms. The van der Waals surface area contributed by atoms with Crippen molar-refractivity contribution in [2.75, 3.05) is 0 Å². The monoisotopic (exact) mass is 269 g/mol. The third-order valence-corrected chi connectivity index (χ3v) is 0. The number of hydrogen-bond acceptors (Lipinski definition) is 2. The molecule has 0 rings (SSSR count). The van der Waals surface area contributed by atoms with E-state index in [9.17, 15) is 0 Å². The van der Waals surface area contributed by atoms with E-state index in [4.69, 9.17) is 9.32 Å². The minimum atomic E-state index is -0.417. The summed E-state index contributed by atoms with van der Waals surface area (Å²) >= 11 is -0.417. The third-order valence-electron chi connectivity index (χ3n) is 0. The molecular formula is ClHgO2. The van der Waals surface area contributed by atoms with Crippen LogP contribution in [-0.2, 0) is 27.7 Å². The van der Waals surface area contributed by atoms with Crippen molar-refractivity contribution in [3.8, 4) is 0 Å². The van der Waals surface area contributed by atoms with Crippen LogP contribution in [0.15, 0.2) is 0 Å². The van der Waals surface area contributed by atoms with Crippen LogP contribution in [0.2, 0.25) is 0 Å². The molecule has 0 aromatic heterocycles. The van der Waals surface area contributed by atoms with Crippen LogP contribution in [0.5, 0.6) is 0 Å². The van der Waals surface area contributed by atoms with Crippen molar-refractivity contribution in [1.29, 1.82) is 0 Å². The first-order valence-corrected chi connectivity index (χ1v) is 0.926. The van der Waals surface area contributed by atoms with Gasteiger partial charge in [-0.1, -0.05) is 0 Å². The Balaban J connectivity index is 0. The first-order valence-electron chi connectivity index (χ1n) is 0.309. The quantitative estimate of drug-likeness (QED) is 0.461. The van der Waals surface area contributed by atoms with Gasteiger partial charge in [0.05, 0.1) is 11.3 Å². The summed E-state index contributed by atoms with van der Waals surface area (Å²) < 4.78 is 16.5. The molecule has 0 aliphatic carbocycles. The van der Waals surface area contributed by atoms with E-state index in [1.165, 1.54) is 0 Å². The van der Waals surface area contributed by atoms with Crippen LogP contribution >= 0.6 is 0 Å². The Labute approximate surface area is 48.4 Å². The second kappa shape index (κ2) is 8.91. The fourth-order valence-electron chi connectivity index (χ4n) is 0. The summed E-state index contributed by atoms with van der Waals surface area (Å²) in [4.78, 5) is 0. The molecule has 0 aliphatic heterocycles. The van der Waals surface area contributed by atoms with Crippen molar-refractivity contribution < 1.29 is 48.3 Å². The van der Waals surface area contributed by atoms with Gasteiger partial charge in [-0.3, -0.25) is 0 Å². The van der Waals surface area contributed by atoms with Crippen LogP contribution in [0.3, 0.4) is 0 Å². The molecule has 0 fully saturated rings. The van der Waals surface area contributed by atoms with Gasteiger partial charge in [0.15, 0.2) is 0 Å². The van der Waals surface area contributed by atoms with Crippen LogP contribution in [0.4, 0.5) is 0 Å². The fraction of sp³-hybridized carbons (Fsp3) is 0. The van der Waals surface area contributed by atoms with E-state index < -0.39 is 11.3 Å². The maximum Gasteiger partial charge on any atom is 1.00 e. The van der Waals surface area contributed by atoms with Crippen LogP contribution in [-0.4, -0.2) is 0 Å². The molecule has 0 saturated carbocycles. The van der Waals surface area contributed by atoms with Gasteiger partial charge in [0.2, 0.25) is 0 Å². The molecule has 0 spiro atoms. The van der Waals surface area contributed by atoms with Crippen molar-refractivity contribution in [3.63, 3.8) is 0 Å². The Kier molecular flexibility index (Phi) is 19.9. The minimum absolute atomic E-state index is 0. The van der Waals surface area contributed by atoms with Gasteiger partial charge in [0.25, 0.3) is 0 Å². The zero-order valence-electron chi connectivity index (χ0n) is 1.90. The molecule has 0 aromatic rings. The molecule has 0 saturated heterocycles. The van der Waals surface area contributed by atoms with Crippen molar-refractivity contribution >= 4 is 0 Å². The summed E-state index contributed by atoms with van der Waals surface area (Å²) in [5.74, 6) is 0. The zero-order chi connectivity index (χ0) is 2.71. The molecule has 0 heterocycles. The van der Waals surface area contributed by atoms with E-state index in [1.807, 2.05) is 0 Å². The summed E-state index contributed by atoms with van der Waals surface area (Å²) in [7, 11) is 0. The Morgan fingerprint density at radius 2 is 1.25 bits per heavy atom. The van der Waals surface area contributed by atoms with E-state index in [0.717, 1.165) is 0 Å². The molecule has 1 radical (unpaired) electrons. The maximum atomic E-state index is 8.24. The van der Waals surface area contributed by atoms with E-state index in [-0.39, 0.29) is 27.7 Å². The van der Waals surface area contributed by atoms with Gasteiger partial charge in [0.1, 0.15) is 0 Å². The predicted molar refractivity (Wildman–Crippen MR) is 0 cm³/mol. The Bertz CT molecular complexity index is 6.00. The summed E-state index contributed by atoms with van der Waals surface area (Å²) in [6, 6.07) is 0. The largest absolute Gasteiger partial charge is 1.00 e. The van der Waals surface area contributed by atoms with Gasteiger partial charge in [-0.15, -0.1) is 0 Å². The SMILES string of the molecule is [Hg+].[O-][Cl+][O-]. The summed E-state index contributed by atoms with van der Waals surface area (Å²) in [5.41, 5.74) is 0. The molecule has 0 amide bonds. The van der Waals surface area contributed by atoms with Crippen LogP contribution < -0.4 is 9.32 Å². The zero-order valence-corrected chi connectivity index (χ0v) is 8.16. The van der Waals surface area contributed by atoms with Gasteiger partial charge in [-0.05, 0) is 0 Å². The Morgan fingerprint density at radius 1 is 1.25 bits per heavy atom. The molecule has 21 valence electrons. The van der Waals surface area contributed by atoms with Gasteiger partial charge >= 0.3 is 27.7 Å². The summed E-state index contributed by atoms with van der Waals surface area (Å²) in [6.45, 7) is 0. The first kappa shape index (κ1) is 8.94. The minimum Gasteiger partial charge on any atom is -0.544 e. The molecule has 0 N–H and O–H groups in total. The van der Waals surface area contributed by atoms with Gasteiger partial charge in [-0.2, -0.15) is 0 Å². The number of halogens is 1. The molecule has 0 aliphatic rings. The molecular weight excluding hydrogens is 268 g/mol. The fourth-order valence-corrected chi connectivity index (χ4v) is 0. The average Bonchev–Trinajstić information content (AvgIpc) is 0.918. The maximum absolute atomic E-state index is 8.24. The molecule has 4 heteroatoms. The van der Waals surface area contributed by atoms with E-state index in [0.29, 0.717) is 0 Å². The van der Waals surface area contributed by atoms with E-state index in [2.05, 4.69) is 0 Å². The summed E-state index contributed by atoms with van der Waals surface area (Å²) in [6.07, 6.45) is 0.